The van der Waals surface area contributed by atoms with E-state index in [9.17, 15) is 19.5 Å². The Bertz CT molecular complexity index is 1770. The second kappa shape index (κ2) is 12.1. The average molecular weight is 636 g/mol. The van der Waals surface area contributed by atoms with E-state index >= 15 is 0 Å². The first-order valence-corrected chi connectivity index (χ1v) is 15.1. The molecule has 6 rings (SSSR count). The van der Waals surface area contributed by atoms with Crippen LogP contribution >= 0.6 is 34.7 Å². The van der Waals surface area contributed by atoms with Crippen LogP contribution in [-0.4, -0.2) is 53.3 Å². The maximum absolute atomic E-state index is 13.6. The summed E-state index contributed by atoms with van der Waals surface area (Å²) < 4.78 is 16.6. The van der Waals surface area contributed by atoms with Crippen molar-refractivity contribution in [3.8, 4) is 11.5 Å². The number of carbonyl (C=O) groups excluding carboxylic acids is 3. The minimum absolute atomic E-state index is 0.145. The molecule has 1 aromatic heterocycles. The number of anilines is 1. The maximum Gasteiger partial charge on any atom is 0.337 e. The zero-order chi connectivity index (χ0) is 30.1. The van der Waals surface area contributed by atoms with Crippen LogP contribution in [0.5, 0.6) is 11.5 Å². The Morgan fingerprint density at radius 3 is 2.51 bits per heavy atom. The number of carbonyl (C=O) groups is 3. The molecule has 43 heavy (non-hydrogen) atoms. The summed E-state index contributed by atoms with van der Waals surface area (Å²) in [5.74, 6) is -1.26. The van der Waals surface area contributed by atoms with Gasteiger partial charge in [0.2, 0.25) is 5.13 Å². The summed E-state index contributed by atoms with van der Waals surface area (Å²) in [4.78, 5) is 40.4. The smallest absolute Gasteiger partial charge is 0.337 e. The van der Waals surface area contributed by atoms with Crippen molar-refractivity contribution in [3.63, 3.8) is 0 Å². The molecule has 1 fully saturated rings. The molecule has 3 heterocycles. The summed E-state index contributed by atoms with van der Waals surface area (Å²) in [5.41, 5.74) is 1.78. The lowest BCUT2D eigenvalue weighted by Gasteiger charge is -2.23. The number of ether oxygens (including phenoxy) is 3. The number of rotatable bonds is 7. The fourth-order valence-electron chi connectivity index (χ4n) is 4.72. The van der Waals surface area contributed by atoms with Gasteiger partial charge in [0.1, 0.15) is 19.0 Å². The zero-order valence-corrected chi connectivity index (χ0v) is 24.9. The molecule has 0 radical (unpaired) electrons. The van der Waals surface area contributed by atoms with E-state index in [-0.39, 0.29) is 21.8 Å². The van der Waals surface area contributed by atoms with Gasteiger partial charge in [-0.3, -0.25) is 14.5 Å². The van der Waals surface area contributed by atoms with Crippen LogP contribution in [0.15, 0.2) is 76.6 Å². The number of hydrogen-bond donors (Lipinski definition) is 1. The monoisotopic (exact) mass is 635 g/mol. The number of aliphatic hydroxyl groups excluding tert-OH is 1. The topological polar surface area (TPSA) is 128 Å². The number of halogens is 1. The van der Waals surface area contributed by atoms with Crippen LogP contribution in [0.25, 0.3) is 5.76 Å². The molecule has 0 saturated carbocycles. The Balaban J connectivity index is 1.40. The third kappa shape index (κ3) is 5.56. The van der Waals surface area contributed by atoms with Gasteiger partial charge in [-0.25, -0.2) is 4.79 Å². The number of fused-ring (bicyclic) bond motifs is 1. The van der Waals surface area contributed by atoms with Crippen LogP contribution in [0.3, 0.4) is 0 Å². The minimum Gasteiger partial charge on any atom is -0.507 e. The van der Waals surface area contributed by atoms with Crippen LogP contribution in [0.1, 0.15) is 33.1 Å². The molecule has 1 saturated heterocycles. The highest BCUT2D eigenvalue weighted by atomic mass is 35.5. The predicted molar refractivity (Wildman–Crippen MR) is 161 cm³/mol. The lowest BCUT2D eigenvalue weighted by atomic mass is 9.94. The highest BCUT2D eigenvalue weighted by Crippen LogP contribution is 2.45. The maximum atomic E-state index is 13.6. The highest BCUT2D eigenvalue weighted by molar-refractivity contribution is 8.00. The number of amides is 1. The van der Waals surface area contributed by atoms with Crippen molar-refractivity contribution in [2.75, 3.05) is 25.2 Å². The first-order chi connectivity index (χ1) is 20.9. The Kier molecular flexibility index (Phi) is 8.06. The average Bonchev–Trinajstić information content (AvgIpc) is 3.61. The van der Waals surface area contributed by atoms with Crippen molar-refractivity contribution >= 4 is 63.3 Å². The number of thioether (sulfide) groups is 1. The molecular formula is C30H22ClN3O7S2. The fraction of sp³-hybridized carbons (Fsp3) is 0.167. The number of nitrogens with zero attached hydrogens (tertiary/aromatic N) is 3. The van der Waals surface area contributed by atoms with Gasteiger partial charge in [0.15, 0.2) is 15.8 Å². The molecule has 10 nitrogen and oxygen atoms in total. The van der Waals surface area contributed by atoms with Crippen molar-refractivity contribution in [2.24, 2.45) is 0 Å². The molecule has 13 heteroatoms. The molecular weight excluding hydrogens is 614 g/mol. The van der Waals surface area contributed by atoms with Crippen molar-refractivity contribution in [1.29, 1.82) is 0 Å². The lowest BCUT2D eigenvalue weighted by molar-refractivity contribution is -0.132. The molecule has 1 amide bonds. The molecule has 0 aliphatic carbocycles. The molecule has 3 aromatic carbocycles. The molecule has 0 bridgehead atoms. The number of benzene rings is 3. The van der Waals surface area contributed by atoms with Gasteiger partial charge in [-0.2, -0.15) is 0 Å². The van der Waals surface area contributed by atoms with Crippen molar-refractivity contribution < 1.29 is 33.7 Å². The van der Waals surface area contributed by atoms with Gasteiger partial charge in [0, 0.05) is 16.3 Å². The summed E-state index contributed by atoms with van der Waals surface area (Å²) in [6.45, 7) is 0.730. The van der Waals surface area contributed by atoms with E-state index in [1.54, 1.807) is 36.4 Å². The number of hydrogen-bond acceptors (Lipinski definition) is 11. The number of esters is 1. The normalized spacial score (nSPS) is 17.3. The van der Waals surface area contributed by atoms with Gasteiger partial charge in [0.25, 0.3) is 5.78 Å². The Morgan fingerprint density at radius 2 is 1.77 bits per heavy atom. The number of ketones is 1. The molecule has 2 aliphatic rings. The van der Waals surface area contributed by atoms with Crippen molar-refractivity contribution in [1.82, 2.24) is 10.2 Å². The fourth-order valence-corrected chi connectivity index (χ4v) is 6.88. The molecule has 0 spiro atoms. The summed E-state index contributed by atoms with van der Waals surface area (Å²) >= 11 is 8.81. The van der Waals surface area contributed by atoms with E-state index in [4.69, 9.17) is 25.8 Å². The number of methoxy groups -OCH3 is 1. The van der Waals surface area contributed by atoms with Crippen LogP contribution in [0.4, 0.5) is 5.13 Å². The first-order valence-electron chi connectivity index (χ1n) is 12.9. The van der Waals surface area contributed by atoms with E-state index in [0.29, 0.717) is 45.4 Å². The molecule has 2 aliphatic heterocycles. The van der Waals surface area contributed by atoms with Gasteiger partial charge in [-0.05, 0) is 47.5 Å². The van der Waals surface area contributed by atoms with Crippen LogP contribution < -0.4 is 14.4 Å². The summed E-state index contributed by atoms with van der Waals surface area (Å²) in [7, 11) is 1.27. The van der Waals surface area contributed by atoms with Gasteiger partial charge in [0.05, 0.1) is 24.3 Å². The van der Waals surface area contributed by atoms with E-state index in [2.05, 4.69) is 10.2 Å². The third-order valence-electron chi connectivity index (χ3n) is 6.82. The second-order valence-electron chi connectivity index (χ2n) is 9.37. The number of aliphatic hydroxyl groups is 1. The second-order valence-corrected chi connectivity index (χ2v) is 12.0. The number of aromatic nitrogens is 2. The highest BCUT2D eigenvalue weighted by Gasteiger charge is 2.48. The summed E-state index contributed by atoms with van der Waals surface area (Å²) in [5, 5.41) is 20.7. The van der Waals surface area contributed by atoms with Crippen LogP contribution in [0.2, 0.25) is 5.02 Å². The van der Waals surface area contributed by atoms with E-state index in [1.165, 1.54) is 35.9 Å². The SMILES string of the molecule is COC(=O)c1ccc(C2/C(=C(/O)c3ccc4c(c3)OCCO4)C(=O)C(=O)N2c2nnc(SCc3ccccc3Cl)s2)cc1. The molecule has 1 N–H and O–H groups in total. The molecule has 1 atom stereocenters. The number of Topliss-reactive ketones (excluding diaryl/α,β-unsaturated/α-hetero) is 1. The largest absolute Gasteiger partial charge is 0.507 e. The van der Waals surface area contributed by atoms with E-state index in [0.717, 1.165) is 16.9 Å². The zero-order valence-electron chi connectivity index (χ0n) is 22.5. The Morgan fingerprint density at radius 1 is 1.05 bits per heavy atom. The predicted octanol–water partition coefficient (Wildman–Crippen LogP) is 5.67. The molecule has 1 unspecified atom stereocenters. The molecule has 218 valence electrons. The van der Waals surface area contributed by atoms with Gasteiger partial charge >= 0.3 is 11.9 Å². The van der Waals surface area contributed by atoms with Crippen molar-refractivity contribution in [2.45, 2.75) is 16.1 Å². The lowest BCUT2D eigenvalue weighted by Crippen LogP contribution is -2.29. The quantitative estimate of drug-likeness (QED) is 0.0677. The van der Waals surface area contributed by atoms with Gasteiger partial charge in [-0.15, -0.1) is 10.2 Å². The third-order valence-corrected chi connectivity index (χ3v) is 9.29. The molecule has 4 aromatic rings. The summed E-state index contributed by atoms with van der Waals surface area (Å²) in [6.07, 6.45) is 0. The van der Waals surface area contributed by atoms with E-state index < -0.39 is 29.5 Å². The van der Waals surface area contributed by atoms with E-state index in [1.807, 2.05) is 18.2 Å². The Labute approximate surface area is 258 Å². The van der Waals surface area contributed by atoms with Gasteiger partial charge < -0.3 is 19.3 Å². The van der Waals surface area contributed by atoms with Gasteiger partial charge in [-0.1, -0.05) is 65.0 Å². The summed E-state index contributed by atoms with van der Waals surface area (Å²) in [6, 6.07) is 17.4. The van der Waals surface area contributed by atoms with Crippen LogP contribution in [-0.2, 0) is 20.1 Å². The minimum atomic E-state index is -1.06. The Hall–Kier alpha value is -4.39. The van der Waals surface area contributed by atoms with Crippen molar-refractivity contribution in [3.05, 3.63) is 99.6 Å². The standard InChI is InChI=1S/C30H22ClN3O7S2/c1-39-28(38)17-8-6-16(7-9-17)24-23(25(35)18-10-11-21-22(14-18)41-13-12-40-21)26(36)27(37)34(24)29-32-33-30(43-29)42-15-19-4-2-3-5-20(19)31/h2-11,14,24,35H,12-13,15H2,1H3/b25-23-. The van der Waals surface area contributed by atoms with Crippen LogP contribution in [0, 0.1) is 0 Å². The first kappa shape index (κ1) is 28.7.